The van der Waals surface area contributed by atoms with Gasteiger partial charge in [0.05, 0.1) is 24.4 Å². The van der Waals surface area contributed by atoms with Crippen molar-refractivity contribution >= 4 is 36.6 Å². The number of fused-ring (bicyclic) bond motifs is 3. The highest BCUT2D eigenvalue weighted by molar-refractivity contribution is 7.57. The number of Topliss-reactive ketones (excluding diaryl/α,β-unsaturated/α-hetero) is 3. The normalized spacial score (nSPS) is 37.8. The minimum Gasteiger partial charge on any atom is -0.460 e. The molecule has 2 saturated heterocycles. The monoisotopic (exact) mass is 990 g/mol. The van der Waals surface area contributed by atoms with Crippen molar-refractivity contribution in [2.75, 3.05) is 41.2 Å². The van der Waals surface area contributed by atoms with Crippen molar-refractivity contribution in [3.05, 3.63) is 47.6 Å². The zero-order valence-corrected chi connectivity index (χ0v) is 44.3. The minimum absolute atomic E-state index is 0.0117. The Kier molecular flexibility index (Phi) is 22.5. The highest BCUT2D eigenvalue weighted by atomic mass is 31.2. The largest absolute Gasteiger partial charge is 0.460 e. The number of carbonyl (C=O) groups is 5. The van der Waals surface area contributed by atoms with Gasteiger partial charge in [-0.05, 0) is 107 Å². The Labute approximate surface area is 411 Å². The van der Waals surface area contributed by atoms with Gasteiger partial charge in [0, 0.05) is 71.8 Å². The number of rotatable bonds is 8. The van der Waals surface area contributed by atoms with Crippen molar-refractivity contribution in [3.8, 4) is 0 Å². The molecule has 15 nitrogen and oxygen atoms in total. The quantitative estimate of drug-likeness (QED) is 0.104. The molecule has 15 atom stereocenters. The van der Waals surface area contributed by atoms with Gasteiger partial charge in [-0.2, -0.15) is 0 Å². The number of nitrogens with zero attached hydrogens (tertiary/aromatic N) is 1. The average Bonchev–Trinajstić information content (AvgIpc) is 3.30. The van der Waals surface area contributed by atoms with Gasteiger partial charge in [0.1, 0.15) is 30.1 Å². The number of hydrogen-bond donors (Lipinski definition) is 2. The Balaban J connectivity index is 1.70. The smallest absolute Gasteiger partial charge is 0.329 e. The summed E-state index contributed by atoms with van der Waals surface area (Å²) in [6.45, 7) is 15.9. The van der Waals surface area contributed by atoms with E-state index in [1.165, 1.54) is 12.0 Å². The molecule has 3 fully saturated rings. The summed E-state index contributed by atoms with van der Waals surface area (Å²) in [7, 11) is 1.76. The summed E-state index contributed by atoms with van der Waals surface area (Å²) in [5.41, 5.74) is 1.25. The summed E-state index contributed by atoms with van der Waals surface area (Å²) >= 11 is 0. The molecule has 0 spiro atoms. The first-order chi connectivity index (χ1) is 32.4. The minimum atomic E-state index is -2.79. The number of ether oxygens (including phenoxy) is 5. The second-order valence-electron chi connectivity index (χ2n) is 20.9. The molecule has 0 radical (unpaired) electrons. The summed E-state index contributed by atoms with van der Waals surface area (Å²) < 4.78 is 48.2. The van der Waals surface area contributed by atoms with Crippen LogP contribution in [0, 0.1) is 35.5 Å². The topological polar surface area (TPSA) is 201 Å². The maximum Gasteiger partial charge on any atom is 0.329 e. The van der Waals surface area contributed by atoms with Crippen LogP contribution in [0.5, 0.6) is 0 Å². The van der Waals surface area contributed by atoms with E-state index < -0.39 is 85.1 Å². The summed E-state index contributed by atoms with van der Waals surface area (Å²) in [6, 6.07) is -1.16. The molecule has 2 N–H and O–H groups in total. The van der Waals surface area contributed by atoms with Gasteiger partial charge in [-0.25, -0.2) is 4.79 Å². The lowest BCUT2D eigenvalue weighted by Gasteiger charge is -2.42. The van der Waals surface area contributed by atoms with Gasteiger partial charge in [0.2, 0.25) is 5.79 Å². The number of carbonyl (C=O) groups excluding carboxylic acids is 5. The third kappa shape index (κ3) is 16.2. The second-order valence-corrected chi connectivity index (χ2v) is 23.6. The Bertz CT molecular complexity index is 1940. The predicted octanol–water partition coefficient (Wildman–Crippen LogP) is 7.74. The predicted molar refractivity (Wildman–Crippen MR) is 263 cm³/mol. The summed E-state index contributed by atoms with van der Waals surface area (Å²) in [5, 5.41) is 23.5. The first kappa shape index (κ1) is 58.4. The lowest BCUT2D eigenvalue weighted by atomic mass is 9.78. The zero-order valence-electron chi connectivity index (χ0n) is 43.4. The molecular formula is C53H84NO14P. The fourth-order valence-corrected chi connectivity index (χ4v) is 11.4. The van der Waals surface area contributed by atoms with Crippen molar-refractivity contribution < 1.29 is 67.0 Å². The molecule has 1 amide bonds. The fraction of sp³-hybridized carbons (Fsp3) is 0.755. The maximum absolute atomic E-state index is 14.5. The molecule has 4 rings (SSSR count). The SMILES string of the molecule is CO[C@H]1CC2CC[C@@H](C)C(O)(O2)C(=O)C(=O)N2CCCCC2C(=O)O[C@H]([C@H](C)C[C@@H]2CC[C@@H](OP(C)(C)=O)[C@H](OC)C2)CC(=O)[C@H](C)/C=C(\C)[C@@H](O)[C@@H](OC)C(=O)[C@H](C)C[C@H](C)/C=C/C=CC=C1C. The number of allylic oxidation sites excluding steroid dienone is 6. The van der Waals surface area contributed by atoms with Crippen LogP contribution in [0.3, 0.4) is 0 Å². The lowest BCUT2D eigenvalue weighted by Crippen LogP contribution is -2.61. The standard InChI is InChI=1S/C53H84NO14P/c1-32-18-14-13-15-19-33(2)44(63-8)30-40-23-21-38(7)53(61,67-40)50(58)51(59)54-25-17-16-20-41(54)52(60)66-45(35(4)28-39-22-24-43(46(29-39)64-9)68-69(11,12)62)31-42(55)34(3)27-37(6)48(57)49(65-10)47(56)36(5)26-32/h13-15,18-19,27,32,34-36,38-41,43-46,48-49,57,61H,16-17,20-26,28-31H2,1-12H3/b15-13?,18-14+,33-19?,37-27+/t32-,34-,35-,36-,38-,39+,40?,41?,43-,44+,45+,46-,48-,49+,53?/m1/s1. The first-order valence-corrected chi connectivity index (χ1v) is 27.7. The van der Waals surface area contributed by atoms with E-state index in [9.17, 15) is 38.8 Å². The Morgan fingerprint density at radius 1 is 0.855 bits per heavy atom. The molecule has 1 saturated carbocycles. The van der Waals surface area contributed by atoms with Gasteiger partial charge in [-0.1, -0.05) is 71.1 Å². The van der Waals surface area contributed by atoms with Gasteiger partial charge >= 0.3 is 5.97 Å². The number of hydrogen-bond acceptors (Lipinski definition) is 14. The lowest BCUT2D eigenvalue weighted by molar-refractivity contribution is -0.265. The molecule has 390 valence electrons. The van der Waals surface area contributed by atoms with Gasteiger partial charge in [0.15, 0.2) is 13.2 Å². The van der Waals surface area contributed by atoms with E-state index in [4.69, 9.17) is 28.2 Å². The van der Waals surface area contributed by atoms with E-state index in [0.29, 0.717) is 63.4 Å². The number of piperidine rings is 1. The molecule has 0 aromatic heterocycles. The van der Waals surface area contributed by atoms with Crippen molar-refractivity contribution in [2.24, 2.45) is 35.5 Å². The van der Waals surface area contributed by atoms with Crippen molar-refractivity contribution in [2.45, 2.75) is 180 Å². The van der Waals surface area contributed by atoms with Gasteiger partial charge in [0.25, 0.3) is 11.7 Å². The number of methoxy groups -OCH3 is 3. The Hall–Kier alpha value is -3.14. The molecule has 16 heteroatoms. The van der Waals surface area contributed by atoms with E-state index in [1.54, 1.807) is 54.4 Å². The maximum atomic E-state index is 14.5. The third-order valence-corrected chi connectivity index (χ3v) is 15.6. The van der Waals surface area contributed by atoms with E-state index >= 15 is 0 Å². The molecule has 1 aliphatic carbocycles. The van der Waals surface area contributed by atoms with E-state index in [0.717, 1.165) is 12.0 Å². The molecular weight excluding hydrogens is 906 g/mol. The molecule has 4 aliphatic rings. The van der Waals surface area contributed by atoms with Crippen LogP contribution in [0.15, 0.2) is 47.6 Å². The third-order valence-electron chi connectivity index (χ3n) is 14.8. The fourth-order valence-electron chi connectivity index (χ4n) is 10.5. The molecule has 69 heavy (non-hydrogen) atoms. The Morgan fingerprint density at radius 2 is 1.57 bits per heavy atom. The van der Waals surface area contributed by atoms with Gasteiger partial charge in [-0.3, -0.25) is 23.7 Å². The molecule has 0 aromatic carbocycles. The van der Waals surface area contributed by atoms with Gasteiger partial charge in [-0.15, -0.1) is 0 Å². The summed E-state index contributed by atoms with van der Waals surface area (Å²) in [6.07, 6.45) is 11.4. The zero-order chi connectivity index (χ0) is 51.4. The molecule has 3 unspecified atom stereocenters. The van der Waals surface area contributed by atoms with Crippen molar-refractivity contribution in [3.63, 3.8) is 0 Å². The number of aliphatic hydroxyl groups excluding tert-OH is 1. The van der Waals surface area contributed by atoms with Crippen LogP contribution in [-0.2, 0) is 56.7 Å². The van der Waals surface area contributed by atoms with Crippen molar-refractivity contribution in [1.29, 1.82) is 0 Å². The highest BCUT2D eigenvalue weighted by Crippen LogP contribution is 2.45. The average molecular weight is 990 g/mol. The van der Waals surface area contributed by atoms with Gasteiger partial charge < -0.3 is 43.3 Å². The number of amides is 1. The van der Waals surface area contributed by atoms with Crippen LogP contribution < -0.4 is 0 Å². The highest BCUT2D eigenvalue weighted by Gasteiger charge is 2.53. The van der Waals surface area contributed by atoms with Crippen LogP contribution in [-0.4, -0.2) is 140 Å². The molecule has 3 heterocycles. The van der Waals surface area contributed by atoms with Crippen molar-refractivity contribution in [1.82, 2.24) is 4.90 Å². The summed E-state index contributed by atoms with van der Waals surface area (Å²) in [5.74, 6) is -8.11. The van der Waals surface area contributed by atoms with E-state index in [2.05, 4.69) is 0 Å². The van der Waals surface area contributed by atoms with Crippen LogP contribution in [0.2, 0.25) is 0 Å². The number of esters is 1. The molecule has 3 aliphatic heterocycles. The van der Waals surface area contributed by atoms with E-state index in [1.807, 2.05) is 58.1 Å². The van der Waals surface area contributed by atoms with Crippen LogP contribution in [0.25, 0.3) is 0 Å². The van der Waals surface area contributed by atoms with Crippen LogP contribution in [0.1, 0.15) is 126 Å². The van der Waals surface area contributed by atoms with E-state index in [-0.39, 0.29) is 60.9 Å². The Morgan fingerprint density at radius 3 is 2.22 bits per heavy atom. The molecule has 2 bridgehead atoms. The number of aliphatic hydroxyl groups is 2. The van der Waals surface area contributed by atoms with Crippen LogP contribution >= 0.6 is 7.37 Å². The number of ketones is 3. The first-order valence-electron chi connectivity index (χ1n) is 25.2. The van der Waals surface area contributed by atoms with Crippen LogP contribution in [0.4, 0.5) is 0 Å². The second kappa shape index (κ2) is 26.5. The number of cyclic esters (lactones) is 1. The molecule has 0 aromatic rings. The summed E-state index contributed by atoms with van der Waals surface area (Å²) in [4.78, 5) is 72.2.